The monoisotopic (exact) mass is 365 g/mol. The number of nitro benzene ring substituents is 1. The molecule has 130 valence electrons. The first-order chi connectivity index (χ1) is 12.5. The lowest BCUT2D eigenvalue weighted by atomic mass is 10.1. The number of hydrogen-bond acceptors (Lipinski definition) is 6. The summed E-state index contributed by atoms with van der Waals surface area (Å²) in [6, 6.07) is 17.2. The van der Waals surface area contributed by atoms with Crippen LogP contribution in [0.25, 0.3) is 11.3 Å². The molecular formula is C19H15N3O3S. The van der Waals surface area contributed by atoms with Crippen LogP contribution in [0.15, 0.2) is 65.7 Å². The predicted molar refractivity (Wildman–Crippen MR) is 100 cm³/mol. The van der Waals surface area contributed by atoms with Crippen LogP contribution >= 0.6 is 11.8 Å². The number of nitrogens with zero attached hydrogens (tertiary/aromatic N) is 3. The van der Waals surface area contributed by atoms with E-state index in [0.717, 1.165) is 16.8 Å². The molecule has 0 fully saturated rings. The summed E-state index contributed by atoms with van der Waals surface area (Å²) in [4.78, 5) is 22.3. The predicted octanol–water partition coefficient (Wildman–Crippen LogP) is 4.34. The number of hydrogen-bond donors (Lipinski definition) is 0. The average Bonchev–Trinajstić information content (AvgIpc) is 2.67. The zero-order chi connectivity index (χ0) is 18.5. The molecule has 1 aromatic heterocycles. The molecule has 0 bridgehead atoms. The summed E-state index contributed by atoms with van der Waals surface area (Å²) in [6.45, 7) is 2.02. The molecule has 3 rings (SSSR count). The van der Waals surface area contributed by atoms with Crippen molar-refractivity contribution >= 4 is 23.2 Å². The van der Waals surface area contributed by atoms with Gasteiger partial charge in [-0.25, -0.2) is 0 Å². The fraction of sp³-hybridized carbons (Fsp3) is 0.105. The van der Waals surface area contributed by atoms with Gasteiger partial charge in [-0.1, -0.05) is 36.0 Å². The van der Waals surface area contributed by atoms with Gasteiger partial charge in [-0.3, -0.25) is 14.9 Å². The van der Waals surface area contributed by atoms with Crippen molar-refractivity contribution in [2.75, 3.05) is 5.75 Å². The standard InChI is InChI=1S/C19H15N3O3S/c1-13-4-2-3-5-16(13)17-10-11-19(21-20-17)26-12-18(23)14-6-8-15(9-7-14)22(24)25/h2-11H,12H2,1H3. The zero-order valence-corrected chi connectivity index (χ0v) is 14.8. The molecule has 0 radical (unpaired) electrons. The molecular weight excluding hydrogens is 350 g/mol. The fourth-order valence-electron chi connectivity index (χ4n) is 2.39. The Bertz CT molecular complexity index is 941. The van der Waals surface area contributed by atoms with Gasteiger partial charge in [-0.15, -0.1) is 10.2 Å². The van der Waals surface area contributed by atoms with E-state index in [-0.39, 0.29) is 17.2 Å². The first-order valence-corrected chi connectivity index (χ1v) is 8.83. The molecule has 3 aromatic rings. The van der Waals surface area contributed by atoms with Crippen molar-refractivity contribution in [1.82, 2.24) is 10.2 Å². The Morgan fingerprint density at radius 1 is 1.04 bits per heavy atom. The SMILES string of the molecule is Cc1ccccc1-c1ccc(SCC(=O)c2ccc([N+](=O)[O-])cc2)nn1. The van der Waals surface area contributed by atoms with Crippen LogP contribution in [-0.2, 0) is 0 Å². The third-order valence-electron chi connectivity index (χ3n) is 3.81. The number of ketones is 1. The second-order valence-corrected chi connectivity index (χ2v) is 6.58. The molecule has 0 unspecified atom stereocenters. The van der Waals surface area contributed by atoms with Gasteiger partial charge in [0.1, 0.15) is 5.03 Å². The molecule has 2 aromatic carbocycles. The van der Waals surface area contributed by atoms with E-state index in [0.29, 0.717) is 10.6 Å². The van der Waals surface area contributed by atoms with Gasteiger partial charge < -0.3 is 0 Å². The van der Waals surface area contributed by atoms with E-state index in [9.17, 15) is 14.9 Å². The number of rotatable bonds is 6. The molecule has 6 nitrogen and oxygen atoms in total. The first-order valence-electron chi connectivity index (χ1n) is 7.85. The van der Waals surface area contributed by atoms with E-state index in [2.05, 4.69) is 10.2 Å². The Hall–Kier alpha value is -3.06. The fourth-order valence-corrected chi connectivity index (χ4v) is 3.10. The molecule has 0 aliphatic rings. The topological polar surface area (TPSA) is 86.0 Å². The molecule has 0 amide bonds. The zero-order valence-electron chi connectivity index (χ0n) is 14.0. The van der Waals surface area contributed by atoms with Crippen LogP contribution in [0.3, 0.4) is 0 Å². The van der Waals surface area contributed by atoms with Crippen molar-refractivity contribution in [1.29, 1.82) is 0 Å². The van der Waals surface area contributed by atoms with Crippen LogP contribution in [0.4, 0.5) is 5.69 Å². The molecule has 0 atom stereocenters. The second kappa shape index (κ2) is 7.88. The lowest BCUT2D eigenvalue weighted by Crippen LogP contribution is -2.03. The molecule has 0 spiro atoms. The van der Waals surface area contributed by atoms with Gasteiger partial charge in [0.15, 0.2) is 5.78 Å². The van der Waals surface area contributed by atoms with Gasteiger partial charge in [-0.2, -0.15) is 0 Å². The summed E-state index contributed by atoms with van der Waals surface area (Å²) in [7, 11) is 0. The Kier molecular flexibility index (Phi) is 5.38. The van der Waals surface area contributed by atoms with E-state index in [1.807, 2.05) is 43.3 Å². The number of carbonyl (C=O) groups is 1. The van der Waals surface area contributed by atoms with Crippen LogP contribution in [0.1, 0.15) is 15.9 Å². The van der Waals surface area contributed by atoms with Crippen LogP contribution < -0.4 is 0 Å². The number of aromatic nitrogens is 2. The summed E-state index contributed by atoms with van der Waals surface area (Å²) in [5, 5.41) is 19.7. The van der Waals surface area contributed by atoms with Gasteiger partial charge in [0.2, 0.25) is 0 Å². The molecule has 0 aliphatic carbocycles. The lowest BCUT2D eigenvalue weighted by molar-refractivity contribution is -0.384. The lowest BCUT2D eigenvalue weighted by Gasteiger charge is -2.05. The van der Waals surface area contributed by atoms with E-state index in [1.165, 1.54) is 36.0 Å². The number of carbonyl (C=O) groups excluding carboxylic acids is 1. The van der Waals surface area contributed by atoms with Crippen molar-refractivity contribution in [3.8, 4) is 11.3 Å². The second-order valence-electron chi connectivity index (χ2n) is 5.59. The Morgan fingerprint density at radius 3 is 2.38 bits per heavy atom. The Balaban J connectivity index is 1.63. The van der Waals surface area contributed by atoms with Crippen LogP contribution in [-0.4, -0.2) is 26.7 Å². The third-order valence-corrected chi connectivity index (χ3v) is 4.73. The number of thioether (sulfide) groups is 1. The molecule has 0 saturated carbocycles. The molecule has 26 heavy (non-hydrogen) atoms. The molecule has 1 heterocycles. The first kappa shape index (κ1) is 17.8. The summed E-state index contributed by atoms with van der Waals surface area (Å²) >= 11 is 1.28. The van der Waals surface area contributed by atoms with Gasteiger partial charge >= 0.3 is 0 Å². The number of nitro groups is 1. The normalized spacial score (nSPS) is 10.5. The van der Waals surface area contributed by atoms with E-state index < -0.39 is 4.92 Å². The van der Waals surface area contributed by atoms with Crippen molar-refractivity contribution in [3.05, 3.63) is 81.9 Å². The van der Waals surface area contributed by atoms with Crippen molar-refractivity contribution in [3.63, 3.8) is 0 Å². The third kappa shape index (κ3) is 4.12. The summed E-state index contributed by atoms with van der Waals surface area (Å²) in [6.07, 6.45) is 0. The van der Waals surface area contributed by atoms with Crippen LogP contribution in [0, 0.1) is 17.0 Å². The van der Waals surface area contributed by atoms with Crippen LogP contribution in [0.5, 0.6) is 0 Å². The average molecular weight is 365 g/mol. The largest absolute Gasteiger partial charge is 0.293 e. The maximum Gasteiger partial charge on any atom is 0.269 e. The molecule has 0 saturated heterocycles. The summed E-state index contributed by atoms with van der Waals surface area (Å²) in [5.74, 6) is 0.0746. The Labute approximate surface area is 154 Å². The Morgan fingerprint density at radius 2 is 1.77 bits per heavy atom. The van der Waals surface area contributed by atoms with E-state index >= 15 is 0 Å². The highest BCUT2D eigenvalue weighted by atomic mass is 32.2. The molecule has 0 aliphatic heterocycles. The molecule has 0 N–H and O–H groups in total. The van der Waals surface area contributed by atoms with Crippen molar-refractivity contribution < 1.29 is 9.72 Å². The van der Waals surface area contributed by atoms with Crippen molar-refractivity contribution in [2.24, 2.45) is 0 Å². The maximum absolute atomic E-state index is 12.2. The minimum absolute atomic E-state index is 0.0353. The highest BCUT2D eigenvalue weighted by molar-refractivity contribution is 7.99. The number of Topliss-reactive ketones (excluding diaryl/α,β-unsaturated/α-hetero) is 1. The summed E-state index contributed by atoms with van der Waals surface area (Å²) in [5.41, 5.74) is 3.34. The minimum atomic E-state index is -0.491. The van der Waals surface area contributed by atoms with Gasteiger partial charge in [-0.05, 0) is 36.8 Å². The maximum atomic E-state index is 12.2. The number of aryl methyl sites for hydroxylation is 1. The van der Waals surface area contributed by atoms with Gasteiger partial charge in [0.05, 0.1) is 16.4 Å². The van der Waals surface area contributed by atoms with Gasteiger partial charge in [0, 0.05) is 23.3 Å². The van der Waals surface area contributed by atoms with Gasteiger partial charge in [0.25, 0.3) is 5.69 Å². The quantitative estimate of drug-likeness (QED) is 0.280. The van der Waals surface area contributed by atoms with Crippen LogP contribution in [0.2, 0.25) is 0 Å². The van der Waals surface area contributed by atoms with Crippen molar-refractivity contribution in [2.45, 2.75) is 11.9 Å². The highest BCUT2D eigenvalue weighted by Crippen LogP contribution is 2.23. The number of benzene rings is 2. The highest BCUT2D eigenvalue weighted by Gasteiger charge is 2.11. The number of non-ortho nitro benzene ring substituents is 1. The smallest absolute Gasteiger partial charge is 0.269 e. The van der Waals surface area contributed by atoms with E-state index in [1.54, 1.807) is 0 Å². The molecule has 7 heteroatoms. The van der Waals surface area contributed by atoms with E-state index in [4.69, 9.17) is 0 Å². The summed E-state index contributed by atoms with van der Waals surface area (Å²) < 4.78 is 0. The minimum Gasteiger partial charge on any atom is -0.293 e.